The first-order valence-corrected chi connectivity index (χ1v) is 8.35. The lowest BCUT2D eigenvalue weighted by molar-refractivity contribution is -0.139. The largest absolute Gasteiger partial charge is 0.380 e. The quantitative estimate of drug-likeness (QED) is 0.752. The van der Waals surface area contributed by atoms with E-state index in [0.29, 0.717) is 24.9 Å². The average molecular weight is 318 g/mol. The number of hydrogen-bond donors (Lipinski definition) is 3. The molecule has 2 rings (SSSR count). The normalized spacial score (nSPS) is 17.5. The van der Waals surface area contributed by atoms with E-state index in [9.17, 15) is 14.7 Å². The Morgan fingerprint density at radius 3 is 2.65 bits per heavy atom. The first-order valence-electron chi connectivity index (χ1n) is 8.35. The Kier molecular flexibility index (Phi) is 5.77. The summed E-state index contributed by atoms with van der Waals surface area (Å²) in [6, 6.07) is 7.32. The van der Waals surface area contributed by atoms with Crippen molar-refractivity contribution in [2.75, 3.05) is 0 Å². The maximum atomic E-state index is 12.1. The van der Waals surface area contributed by atoms with Crippen LogP contribution in [0.1, 0.15) is 61.9 Å². The van der Waals surface area contributed by atoms with Crippen LogP contribution < -0.4 is 10.6 Å². The average Bonchev–Trinajstić information content (AvgIpc) is 3.00. The van der Waals surface area contributed by atoms with Crippen molar-refractivity contribution in [2.45, 2.75) is 64.1 Å². The van der Waals surface area contributed by atoms with Gasteiger partial charge in [0.05, 0.1) is 0 Å². The van der Waals surface area contributed by atoms with Crippen LogP contribution in [0.4, 0.5) is 0 Å². The van der Waals surface area contributed by atoms with Crippen LogP contribution in [0.3, 0.4) is 0 Å². The van der Waals surface area contributed by atoms with E-state index in [-0.39, 0.29) is 17.9 Å². The maximum Gasteiger partial charge on any atom is 0.252 e. The summed E-state index contributed by atoms with van der Waals surface area (Å²) in [5.41, 5.74) is 0.208. The van der Waals surface area contributed by atoms with Gasteiger partial charge in [0.2, 0.25) is 0 Å². The van der Waals surface area contributed by atoms with Crippen LogP contribution in [0.25, 0.3) is 0 Å². The number of carbonyl (C=O) groups is 2. The summed E-state index contributed by atoms with van der Waals surface area (Å²) < 4.78 is 0. The van der Waals surface area contributed by atoms with E-state index in [2.05, 4.69) is 10.6 Å². The van der Waals surface area contributed by atoms with E-state index in [4.69, 9.17) is 0 Å². The van der Waals surface area contributed by atoms with Crippen LogP contribution in [-0.2, 0) is 11.3 Å². The fraction of sp³-hybridized carbons (Fsp3) is 0.556. The fourth-order valence-corrected chi connectivity index (χ4v) is 2.77. The van der Waals surface area contributed by atoms with Crippen molar-refractivity contribution >= 4 is 11.8 Å². The van der Waals surface area contributed by atoms with Gasteiger partial charge in [-0.05, 0) is 56.7 Å². The predicted molar refractivity (Wildman–Crippen MR) is 88.9 cm³/mol. The Hall–Kier alpha value is -1.88. The summed E-state index contributed by atoms with van der Waals surface area (Å²) in [6.07, 6.45) is 3.69. The number of aliphatic hydroxyl groups is 1. The molecule has 3 N–H and O–H groups in total. The topological polar surface area (TPSA) is 78.4 Å². The number of benzene rings is 1. The van der Waals surface area contributed by atoms with Crippen molar-refractivity contribution in [2.24, 2.45) is 0 Å². The molecule has 0 spiro atoms. The van der Waals surface area contributed by atoms with Crippen LogP contribution in [0.2, 0.25) is 0 Å². The number of amides is 2. The first-order chi connectivity index (χ1) is 10.9. The van der Waals surface area contributed by atoms with Gasteiger partial charge in [0.1, 0.15) is 5.60 Å². The Labute approximate surface area is 137 Å². The molecule has 1 saturated carbocycles. The SMILES string of the molecule is CCC(C)NC(=O)c1cccc(CNC(=O)C2(O)CCCC2)c1. The molecule has 0 radical (unpaired) electrons. The summed E-state index contributed by atoms with van der Waals surface area (Å²) in [5.74, 6) is -0.425. The Morgan fingerprint density at radius 1 is 1.30 bits per heavy atom. The highest BCUT2D eigenvalue weighted by Crippen LogP contribution is 2.29. The lowest BCUT2D eigenvalue weighted by Crippen LogP contribution is -2.44. The molecule has 1 aliphatic rings. The summed E-state index contributed by atoms with van der Waals surface area (Å²) in [4.78, 5) is 24.2. The van der Waals surface area contributed by atoms with E-state index in [1.807, 2.05) is 19.9 Å². The lowest BCUT2D eigenvalue weighted by Gasteiger charge is -2.21. The van der Waals surface area contributed by atoms with Crippen LogP contribution in [-0.4, -0.2) is 28.6 Å². The van der Waals surface area contributed by atoms with Crippen LogP contribution >= 0.6 is 0 Å². The minimum atomic E-state index is -1.22. The van der Waals surface area contributed by atoms with Gasteiger partial charge < -0.3 is 15.7 Å². The van der Waals surface area contributed by atoms with Gasteiger partial charge in [-0.2, -0.15) is 0 Å². The van der Waals surface area contributed by atoms with Crippen LogP contribution in [0.5, 0.6) is 0 Å². The highest BCUT2D eigenvalue weighted by atomic mass is 16.3. The molecule has 5 heteroatoms. The highest BCUT2D eigenvalue weighted by Gasteiger charge is 2.38. The second-order valence-corrected chi connectivity index (χ2v) is 6.40. The maximum absolute atomic E-state index is 12.1. The van der Waals surface area contributed by atoms with Gasteiger partial charge >= 0.3 is 0 Å². The third kappa shape index (κ3) is 4.55. The van der Waals surface area contributed by atoms with Crippen molar-refractivity contribution in [1.29, 1.82) is 0 Å². The van der Waals surface area contributed by atoms with Crippen LogP contribution in [0, 0.1) is 0 Å². The van der Waals surface area contributed by atoms with E-state index < -0.39 is 5.60 Å². The molecule has 0 aliphatic heterocycles. The molecule has 1 unspecified atom stereocenters. The molecule has 2 amide bonds. The zero-order valence-electron chi connectivity index (χ0n) is 13.9. The van der Waals surface area contributed by atoms with Gasteiger partial charge in [-0.3, -0.25) is 9.59 Å². The fourth-order valence-electron chi connectivity index (χ4n) is 2.77. The van der Waals surface area contributed by atoms with E-state index in [1.54, 1.807) is 18.2 Å². The summed E-state index contributed by atoms with van der Waals surface area (Å²) in [7, 11) is 0. The Balaban J connectivity index is 1.94. The Morgan fingerprint density at radius 2 is 2.00 bits per heavy atom. The van der Waals surface area contributed by atoms with Crippen LogP contribution in [0.15, 0.2) is 24.3 Å². The van der Waals surface area contributed by atoms with Crippen molar-refractivity contribution < 1.29 is 14.7 Å². The molecule has 1 fully saturated rings. The van der Waals surface area contributed by atoms with Crippen molar-refractivity contribution in [3.8, 4) is 0 Å². The smallest absolute Gasteiger partial charge is 0.252 e. The van der Waals surface area contributed by atoms with Crippen molar-refractivity contribution in [3.63, 3.8) is 0 Å². The molecule has 23 heavy (non-hydrogen) atoms. The third-order valence-electron chi connectivity index (χ3n) is 4.49. The predicted octanol–water partition coefficient (Wildman–Crippen LogP) is 2.14. The summed E-state index contributed by atoms with van der Waals surface area (Å²) in [5, 5.41) is 15.9. The third-order valence-corrected chi connectivity index (χ3v) is 4.49. The number of rotatable bonds is 6. The molecular weight excluding hydrogens is 292 g/mol. The van der Waals surface area contributed by atoms with E-state index >= 15 is 0 Å². The second-order valence-electron chi connectivity index (χ2n) is 6.40. The standard InChI is InChI=1S/C18H26N2O3/c1-3-13(2)20-16(21)15-8-6-7-14(11-15)12-19-17(22)18(23)9-4-5-10-18/h6-8,11,13,23H,3-5,9-10,12H2,1-2H3,(H,19,22)(H,20,21). The Bertz CT molecular complexity index is 565. The number of carbonyl (C=O) groups excluding carboxylic acids is 2. The minimum Gasteiger partial charge on any atom is -0.380 e. The van der Waals surface area contributed by atoms with Crippen molar-refractivity contribution in [1.82, 2.24) is 10.6 Å². The van der Waals surface area contributed by atoms with Gasteiger partial charge in [0.15, 0.2) is 0 Å². The van der Waals surface area contributed by atoms with E-state index in [1.165, 1.54) is 0 Å². The molecule has 5 nitrogen and oxygen atoms in total. The molecular formula is C18H26N2O3. The molecule has 126 valence electrons. The number of hydrogen-bond acceptors (Lipinski definition) is 3. The lowest BCUT2D eigenvalue weighted by atomic mass is 10.0. The summed E-state index contributed by atoms with van der Waals surface area (Å²) >= 11 is 0. The first kappa shape index (κ1) is 17.5. The molecule has 1 aromatic carbocycles. The van der Waals surface area contributed by atoms with Gasteiger partial charge in [0, 0.05) is 18.2 Å². The van der Waals surface area contributed by atoms with Gasteiger partial charge in [-0.15, -0.1) is 0 Å². The second kappa shape index (κ2) is 7.59. The van der Waals surface area contributed by atoms with E-state index in [0.717, 1.165) is 24.8 Å². The molecule has 1 aromatic rings. The molecule has 1 aliphatic carbocycles. The molecule has 0 saturated heterocycles. The molecule has 0 bridgehead atoms. The number of nitrogens with one attached hydrogen (secondary N) is 2. The van der Waals surface area contributed by atoms with Gasteiger partial charge in [-0.25, -0.2) is 0 Å². The highest BCUT2D eigenvalue weighted by molar-refractivity contribution is 5.94. The van der Waals surface area contributed by atoms with Gasteiger partial charge in [-0.1, -0.05) is 19.1 Å². The zero-order valence-corrected chi connectivity index (χ0v) is 13.9. The molecule has 1 atom stereocenters. The van der Waals surface area contributed by atoms with Crippen molar-refractivity contribution in [3.05, 3.63) is 35.4 Å². The molecule has 0 heterocycles. The summed E-state index contributed by atoms with van der Waals surface area (Å²) in [6.45, 7) is 4.29. The monoisotopic (exact) mass is 318 g/mol. The van der Waals surface area contributed by atoms with Gasteiger partial charge in [0.25, 0.3) is 11.8 Å². The molecule has 0 aromatic heterocycles. The zero-order chi connectivity index (χ0) is 16.9. The minimum absolute atomic E-state index is 0.109.